The van der Waals surface area contributed by atoms with E-state index in [9.17, 15) is 12.8 Å². The molecule has 1 N–H and O–H groups in total. The van der Waals surface area contributed by atoms with Crippen LogP contribution in [0, 0.1) is 5.82 Å². The zero-order valence-electron chi connectivity index (χ0n) is 15.0. The highest BCUT2D eigenvalue weighted by molar-refractivity contribution is 7.89. The highest BCUT2D eigenvalue weighted by atomic mass is 32.2. The van der Waals surface area contributed by atoms with Gasteiger partial charge in [-0.1, -0.05) is 24.3 Å². The molecule has 3 rings (SSSR count). The van der Waals surface area contributed by atoms with Crippen LogP contribution in [-0.2, 0) is 23.5 Å². The molecule has 1 aromatic heterocycles. The summed E-state index contributed by atoms with van der Waals surface area (Å²) in [6, 6.07) is 13.1. The molecule has 0 saturated heterocycles. The van der Waals surface area contributed by atoms with Gasteiger partial charge in [0.05, 0.1) is 12.8 Å². The van der Waals surface area contributed by atoms with Crippen LogP contribution in [0.5, 0.6) is 5.75 Å². The summed E-state index contributed by atoms with van der Waals surface area (Å²) in [5, 5.41) is 4.14. The zero-order valence-corrected chi connectivity index (χ0v) is 15.8. The van der Waals surface area contributed by atoms with Crippen molar-refractivity contribution in [3.8, 4) is 17.0 Å². The van der Waals surface area contributed by atoms with Crippen LogP contribution in [0.25, 0.3) is 11.3 Å². The average molecular weight is 389 g/mol. The third-order valence-corrected chi connectivity index (χ3v) is 5.67. The second-order valence-corrected chi connectivity index (χ2v) is 7.72. The van der Waals surface area contributed by atoms with Gasteiger partial charge < -0.3 is 4.74 Å². The third-order valence-electron chi connectivity index (χ3n) is 4.19. The second kappa shape index (κ2) is 7.89. The molecule has 3 aromatic rings. The Morgan fingerprint density at radius 1 is 1.15 bits per heavy atom. The van der Waals surface area contributed by atoms with E-state index in [1.165, 1.54) is 13.2 Å². The number of halogens is 1. The van der Waals surface area contributed by atoms with Crippen LogP contribution in [0.15, 0.2) is 59.6 Å². The lowest BCUT2D eigenvalue weighted by Gasteiger charge is -2.11. The molecule has 0 bridgehead atoms. The highest BCUT2D eigenvalue weighted by Crippen LogP contribution is 2.24. The molecule has 142 valence electrons. The number of aromatic nitrogens is 2. The normalized spacial score (nSPS) is 11.5. The Kier molecular flexibility index (Phi) is 5.57. The first-order valence-corrected chi connectivity index (χ1v) is 9.79. The van der Waals surface area contributed by atoms with E-state index in [1.807, 2.05) is 37.4 Å². The maximum Gasteiger partial charge on any atom is 0.244 e. The first-order chi connectivity index (χ1) is 12.9. The van der Waals surface area contributed by atoms with Gasteiger partial charge >= 0.3 is 0 Å². The number of ether oxygens (including phenoxy) is 1. The largest absolute Gasteiger partial charge is 0.495 e. The van der Waals surface area contributed by atoms with Gasteiger partial charge in [0.2, 0.25) is 10.0 Å². The number of methoxy groups -OCH3 is 1. The summed E-state index contributed by atoms with van der Waals surface area (Å²) in [7, 11) is -0.654. The van der Waals surface area contributed by atoms with Crippen molar-refractivity contribution < 1.29 is 17.5 Å². The van der Waals surface area contributed by atoms with E-state index in [4.69, 9.17) is 4.74 Å². The summed E-state index contributed by atoms with van der Waals surface area (Å²) < 4.78 is 47.6. The summed E-state index contributed by atoms with van der Waals surface area (Å²) in [5.41, 5.74) is 3.01. The molecule has 0 aliphatic carbocycles. The maximum absolute atomic E-state index is 13.4. The first-order valence-electron chi connectivity index (χ1n) is 8.31. The van der Waals surface area contributed by atoms with Crippen molar-refractivity contribution in [3.63, 3.8) is 0 Å². The minimum atomic E-state index is -3.87. The summed E-state index contributed by atoms with van der Waals surface area (Å²) in [6.07, 6.45) is 2.24. The minimum absolute atomic E-state index is 0.101. The van der Waals surface area contributed by atoms with Gasteiger partial charge in [0.1, 0.15) is 16.5 Å². The lowest BCUT2D eigenvalue weighted by Crippen LogP contribution is -2.26. The van der Waals surface area contributed by atoms with E-state index in [0.717, 1.165) is 29.0 Å². The van der Waals surface area contributed by atoms with E-state index in [-0.39, 0.29) is 17.2 Å². The molecule has 0 aliphatic rings. The number of nitrogens with one attached hydrogen (secondary N) is 1. The van der Waals surface area contributed by atoms with E-state index >= 15 is 0 Å². The number of aryl methyl sites for hydroxylation is 1. The lowest BCUT2D eigenvalue weighted by molar-refractivity contribution is 0.400. The van der Waals surface area contributed by atoms with Gasteiger partial charge in [-0.3, -0.25) is 4.68 Å². The molecule has 1 heterocycles. The van der Waals surface area contributed by atoms with Gasteiger partial charge in [0, 0.05) is 19.8 Å². The van der Waals surface area contributed by atoms with Crippen molar-refractivity contribution in [2.24, 2.45) is 7.05 Å². The Morgan fingerprint density at radius 3 is 2.52 bits per heavy atom. The molecule has 0 unspecified atom stereocenters. The monoisotopic (exact) mass is 389 g/mol. The fourth-order valence-electron chi connectivity index (χ4n) is 2.77. The summed E-state index contributed by atoms with van der Waals surface area (Å²) in [5.74, 6) is -0.536. The molecular formula is C19H20FN3O3S. The van der Waals surface area contributed by atoms with Crippen molar-refractivity contribution in [2.45, 2.75) is 11.3 Å². The van der Waals surface area contributed by atoms with Crippen LogP contribution in [-0.4, -0.2) is 31.9 Å². The maximum atomic E-state index is 13.4. The molecule has 27 heavy (non-hydrogen) atoms. The third kappa shape index (κ3) is 4.35. The van der Waals surface area contributed by atoms with E-state index < -0.39 is 15.8 Å². The van der Waals surface area contributed by atoms with Gasteiger partial charge in [-0.25, -0.2) is 17.5 Å². The van der Waals surface area contributed by atoms with Gasteiger partial charge in [-0.05, 0) is 41.8 Å². The van der Waals surface area contributed by atoms with Gasteiger partial charge in [-0.2, -0.15) is 5.10 Å². The molecule has 0 atom stereocenters. The smallest absolute Gasteiger partial charge is 0.244 e. The molecule has 0 amide bonds. The predicted octanol–water partition coefficient (Wildman–Crippen LogP) is 2.76. The van der Waals surface area contributed by atoms with Crippen LogP contribution in [0.3, 0.4) is 0 Å². The standard InChI is InChI=1S/C19H20FN3O3S/c1-23-17(10-11-21-23)15-5-3-14(4-6-15)9-12-22-27(24,25)19-13-16(20)7-8-18(19)26-2/h3-8,10-11,13,22H,9,12H2,1-2H3. The van der Waals surface area contributed by atoms with Crippen LogP contribution in [0.2, 0.25) is 0 Å². The van der Waals surface area contributed by atoms with Crippen molar-refractivity contribution in [1.82, 2.24) is 14.5 Å². The minimum Gasteiger partial charge on any atom is -0.495 e. The number of hydrogen-bond acceptors (Lipinski definition) is 4. The average Bonchev–Trinajstić information content (AvgIpc) is 3.08. The molecule has 0 saturated carbocycles. The van der Waals surface area contributed by atoms with Crippen molar-refractivity contribution >= 4 is 10.0 Å². The first kappa shape index (κ1) is 19.1. The Balaban J connectivity index is 1.66. The Bertz CT molecular complexity index is 1030. The van der Waals surface area contributed by atoms with Crippen molar-refractivity contribution in [3.05, 3.63) is 66.1 Å². The fourth-order valence-corrected chi connectivity index (χ4v) is 3.98. The molecule has 6 nitrogen and oxygen atoms in total. The summed E-state index contributed by atoms with van der Waals surface area (Å²) >= 11 is 0. The highest BCUT2D eigenvalue weighted by Gasteiger charge is 2.19. The van der Waals surface area contributed by atoms with Crippen LogP contribution in [0.1, 0.15) is 5.56 Å². The van der Waals surface area contributed by atoms with Crippen molar-refractivity contribution in [1.29, 1.82) is 0 Å². The fraction of sp³-hybridized carbons (Fsp3) is 0.211. The van der Waals surface area contributed by atoms with E-state index in [1.54, 1.807) is 10.9 Å². The quantitative estimate of drug-likeness (QED) is 0.674. The predicted molar refractivity (Wildman–Crippen MR) is 100 cm³/mol. The Hall–Kier alpha value is -2.71. The summed E-state index contributed by atoms with van der Waals surface area (Å²) in [4.78, 5) is -0.212. The van der Waals surface area contributed by atoms with Crippen LogP contribution in [0.4, 0.5) is 4.39 Å². The number of sulfonamides is 1. The molecule has 2 aromatic carbocycles. The second-order valence-electron chi connectivity index (χ2n) is 5.98. The lowest BCUT2D eigenvalue weighted by atomic mass is 10.1. The van der Waals surface area contributed by atoms with Crippen molar-refractivity contribution in [2.75, 3.05) is 13.7 Å². The van der Waals surface area contributed by atoms with Gasteiger partial charge in [-0.15, -0.1) is 0 Å². The molecule has 8 heteroatoms. The molecule has 0 radical (unpaired) electrons. The number of benzene rings is 2. The number of rotatable bonds is 7. The molecule has 0 spiro atoms. The Labute approximate surface area is 157 Å². The Morgan fingerprint density at radius 2 is 1.89 bits per heavy atom. The van der Waals surface area contributed by atoms with Gasteiger partial charge in [0.15, 0.2) is 0 Å². The van der Waals surface area contributed by atoms with Crippen LogP contribution < -0.4 is 9.46 Å². The molecule has 0 fully saturated rings. The zero-order chi connectivity index (χ0) is 19.4. The van der Waals surface area contributed by atoms with Crippen LogP contribution >= 0.6 is 0 Å². The van der Waals surface area contributed by atoms with E-state index in [0.29, 0.717) is 6.42 Å². The molecule has 0 aliphatic heterocycles. The number of nitrogens with zero attached hydrogens (tertiary/aromatic N) is 2. The SMILES string of the molecule is COc1ccc(F)cc1S(=O)(=O)NCCc1ccc(-c2ccnn2C)cc1. The number of hydrogen-bond donors (Lipinski definition) is 1. The van der Waals surface area contributed by atoms with Gasteiger partial charge in [0.25, 0.3) is 0 Å². The summed E-state index contributed by atoms with van der Waals surface area (Å²) in [6.45, 7) is 0.188. The van der Waals surface area contributed by atoms with E-state index in [2.05, 4.69) is 9.82 Å². The molecular weight excluding hydrogens is 369 g/mol. The topological polar surface area (TPSA) is 73.2 Å².